The molecule has 3 aromatic rings. The average molecular weight is 509 g/mol. The molecule has 5 N–H and O–H groups in total. The number of unbranched alkanes of at least 4 members (excludes halogenated alkanes) is 2. The predicted octanol–water partition coefficient (Wildman–Crippen LogP) is 3.86. The standard InChI is InChI=1S/C27H32N4O4S/c1-2-3-6-16-31(19-21-8-7-9-23(17-21)27(28)30-33)26(32)18-20-12-14-22(15-13-20)24-10-4-5-11-25(24)36(29,34)35/h4-5,7-15,17,33H,2-3,6,16,18-19H2,1H3,(H2,28,30)(H2,29,34,35). The van der Waals surface area contributed by atoms with Gasteiger partial charge in [-0.3, -0.25) is 4.79 Å². The molecule has 0 spiro atoms. The number of hydrogen-bond donors (Lipinski definition) is 3. The van der Waals surface area contributed by atoms with Crippen LogP contribution in [0, 0.1) is 0 Å². The molecule has 0 saturated heterocycles. The van der Waals surface area contributed by atoms with Crippen LogP contribution in [0.25, 0.3) is 11.1 Å². The van der Waals surface area contributed by atoms with Gasteiger partial charge in [0.05, 0.1) is 11.3 Å². The van der Waals surface area contributed by atoms with Gasteiger partial charge in [-0.05, 0) is 35.2 Å². The van der Waals surface area contributed by atoms with E-state index in [0.717, 1.165) is 30.4 Å². The Balaban J connectivity index is 1.78. The van der Waals surface area contributed by atoms with Crippen LogP contribution in [0.5, 0.6) is 0 Å². The fraction of sp³-hybridized carbons (Fsp3) is 0.259. The van der Waals surface area contributed by atoms with Crippen molar-refractivity contribution in [3.05, 3.63) is 89.5 Å². The monoisotopic (exact) mass is 508 g/mol. The van der Waals surface area contributed by atoms with Crippen molar-refractivity contribution in [2.75, 3.05) is 6.54 Å². The lowest BCUT2D eigenvalue weighted by molar-refractivity contribution is -0.131. The van der Waals surface area contributed by atoms with E-state index in [1.165, 1.54) is 6.07 Å². The largest absolute Gasteiger partial charge is 0.409 e. The number of hydrogen-bond acceptors (Lipinski definition) is 5. The number of sulfonamides is 1. The molecule has 9 heteroatoms. The molecule has 0 aliphatic heterocycles. The van der Waals surface area contributed by atoms with Crippen LogP contribution in [-0.2, 0) is 27.8 Å². The van der Waals surface area contributed by atoms with Gasteiger partial charge in [-0.1, -0.05) is 85.6 Å². The zero-order valence-electron chi connectivity index (χ0n) is 20.3. The lowest BCUT2D eigenvalue weighted by Gasteiger charge is -2.23. The van der Waals surface area contributed by atoms with Crippen LogP contribution < -0.4 is 10.9 Å². The first-order chi connectivity index (χ1) is 17.2. The molecular formula is C27H32N4O4S. The highest BCUT2D eigenvalue weighted by molar-refractivity contribution is 7.89. The van der Waals surface area contributed by atoms with Crippen molar-refractivity contribution >= 4 is 21.8 Å². The molecule has 0 aromatic heterocycles. The first-order valence-electron chi connectivity index (χ1n) is 11.8. The third-order valence-corrected chi connectivity index (χ3v) is 6.87. The number of primary sulfonamides is 1. The third kappa shape index (κ3) is 7.16. The van der Waals surface area contributed by atoms with Crippen LogP contribution >= 0.6 is 0 Å². The van der Waals surface area contributed by atoms with E-state index in [1.54, 1.807) is 36.4 Å². The molecule has 0 unspecified atom stereocenters. The molecule has 3 aromatic carbocycles. The minimum Gasteiger partial charge on any atom is -0.409 e. The number of amides is 1. The van der Waals surface area contributed by atoms with Gasteiger partial charge < -0.3 is 15.8 Å². The first-order valence-corrected chi connectivity index (χ1v) is 13.3. The average Bonchev–Trinajstić information content (AvgIpc) is 2.88. The molecule has 0 heterocycles. The van der Waals surface area contributed by atoms with E-state index >= 15 is 0 Å². The quantitative estimate of drug-likeness (QED) is 0.119. The Morgan fingerprint density at radius 2 is 1.69 bits per heavy atom. The zero-order chi connectivity index (χ0) is 26.1. The molecule has 0 atom stereocenters. The van der Waals surface area contributed by atoms with E-state index in [0.29, 0.717) is 29.8 Å². The highest BCUT2D eigenvalue weighted by Gasteiger charge is 2.17. The summed E-state index contributed by atoms with van der Waals surface area (Å²) >= 11 is 0. The molecule has 0 radical (unpaired) electrons. The maximum absolute atomic E-state index is 13.3. The summed E-state index contributed by atoms with van der Waals surface area (Å²) < 4.78 is 23.9. The Hall–Kier alpha value is -3.69. The van der Waals surface area contributed by atoms with E-state index in [9.17, 15) is 13.2 Å². The normalized spacial score (nSPS) is 11.9. The van der Waals surface area contributed by atoms with Crippen LogP contribution in [0.15, 0.2) is 82.8 Å². The molecule has 36 heavy (non-hydrogen) atoms. The maximum Gasteiger partial charge on any atom is 0.238 e. The number of carbonyl (C=O) groups is 1. The number of amidine groups is 1. The SMILES string of the molecule is CCCCCN(Cc1cccc(C(N)=NO)c1)C(=O)Cc1ccc(-c2ccccc2S(N)(=O)=O)cc1. The molecule has 8 nitrogen and oxygen atoms in total. The number of carbonyl (C=O) groups excluding carboxylic acids is 1. The molecule has 1 amide bonds. The van der Waals surface area contributed by atoms with Crippen molar-refractivity contribution in [2.24, 2.45) is 16.0 Å². The van der Waals surface area contributed by atoms with Gasteiger partial charge >= 0.3 is 0 Å². The van der Waals surface area contributed by atoms with Crippen LogP contribution in [0.2, 0.25) is 0 Å². The Morgan fingerprint density at radius 1 is 0.972 bits per heavy atom. The van der Waals surface area contributed by atoms with Gasteiger partial charge in [-0.2, -0.15) is 0 Å². The summed E-state index contributed by atoms with van der Waals surface area (Å²) in [6.45, 7) is 3.15. The van der Waals surface area contributed by atoms with Crippen molar-refractivity contribution in [2.45, 2.75) is 44.0 Å². The summed E-state index contributed by atoms with van der Waals surface area (Å²) in [5.41, 5.74) is 9.24. The second-order valence-electron chi connectivity index (χ2n) is 8.62. The van der Waals surface area contributed by atoms with E-state index in [1.807, 2.05) is 35.2 Å². The molecule has 3 rings (SSSR count). The summed E-state index contributed by atoms with van der Waals surface area (Å²) in [6.07, 6.45) is 3.17. The number of nitrogens with zero attached hydrogens (tertiary/aromatic N) is 2. The zero-order valence-corrected chi connectivity index (χ0v) is 21.1. The van der Waals surface area contributed by atoms with Crippen molar-refractivity contribution < 1.29 is 18.4 Å². The Morgan fingerprint density at radius 3 is 2.36 bits per heavy atom. The summed E-state index contributed by atoms with van der Waals surface area (Å²) in [6, 6.07) is 21.1. The van der Waals surface area contributed by atoms with Crippen molar-refractivity contribution in [3.63, 3.8) is 0 Å². The minimum absolute atomic E-state index is 0.0158. The molecule has 190 valence electrons. The molecular weight excluding hydrogens is 476 g/mol. The van der Waals surface area contributed by atoms with Gasteiger partial charge in [-0.15, -0.1) is 0 Å². The number of nitrogens with two attached hydrogens (primary N) is 2. The van der Waals surface area contributed by atoms with Crippen molar-refractivity contribution in [1.29, 1.82) is 0 Å². The van der Waals surface area contributed by atoms with Crippen LogP contribution in [0.3, 0.4) is 0 Å². The van der Waals surface area contributed by atoms with Gasteiger partial charge in [0.1, 0.15) is 0 Å². The van der Waals surface area contributed by atoms with Crippen LogP contribution in [-0.4, -0.2) is 36.8 Å². The molecule has 0 fully saturated rings. The number of oxime groups is 1. The molecule has 0 aliphatic rings. The van der Waals surface area contributed by atoms with E-state index in [2.05, 4.69) is 12.1 Å². The molecule has 0 aliphatic carbocycles. The predicted molar refractivity (Wildman–Crippen MR) is 141 cm³/mol. The Labute approximate surface area is 212 Å². The van der Waals surface area contributed by atoms with Crippen molar-refractivity contribution in [1.82, 2.24) is 4.90 Å². The maximum atomic E-state index is 13.3. The molecule has 0 saturated carbocycles. The Kier molecular flexibility index (Phi) is 9.21. The number of rotatable bonds is 11. The van der Waals surface area contributed by atoms with Gasteiger partial charge in [-0.25, -0.2) is 13.6 Å². The van der Waals surface area contributed by atoms with Crippen LogP contribution in [0.1, 0.15) is 42.9 Å². The van der Waals surface area contributed by atoms with Gasteiger partial charge in [0.2, 0.25) is 15.9 Å². The third-order valence-electron chi connectivity index (χ3n) is 5.90. The lowest BCUT2D eigenvalue weighted by atomic mass is 10.0. The van der Waals surface area contributed by atoms with E-state index in [-0.39, 0.29) is 23.1 Å². The number of benzene rings is 3. The summed E-state index contributed by atoms with van der Waals surface area (Å²) in [7, 11) is -3.86. The summed E-state index contributed by atoms with van der Waals surface area (Å²) in [5.74, 6) is 0.00259. The first kappa shape index (κ1) is 26.9. The van der Waals surface area contributed by atoms with E-state index in [4.69, 9.17) is 16.1 Å². The van der Waals surface area contributed by atoms with Crippen molar-refractivity contribution in [3.8, 4) is 11.1 Å². The fourth-order valence-corrected chi connectivity index (χ4v) is 4.75. The fourth-order valence-electron chi connectivity index (χ4n) is 3.99. The van der Waals surface area contributed by atoms with Gasteiger partial charge in [0, 0.05) is 24.2 Å². The summed E-state index contributed by atoms with van der Waals surface area (Å²) in [4.78, 5) is 15.2. The smallest absolute Gasteiger partial charge is 0.238 e. The van der Waals surface area contributed by atoms with E-state index < -0.39 is 10.0 Å². The highest BCUT2D eigenvalue weighted by Crippen LogP contribution is 2.27. The van der Waals surface area contributed by atoms with Gasteiger partial charge in [0.15, 0.2) is 5.84 Å². The highest BCUT2D eigenvalue weighted by atomic mass is 32.2. The second-order valence-corrected chi connectivity index (χ2v) is 10.2. The lowest BCUT2D eigenvalue weighted by Crippen LogP contribution is -2.33. The molecule has 0 bridgehead atoms. The second kappa shape index (κ2) is 12.3. The minimum atomic E-state index is -3.86. The Bertz CT molecular complexity index is 1320. The van der Waals surface area contributed by atoms with Crippen LogP contribution in [0.4, 0.5) is 0 Å². The topological polar surface area (TPSA) is 139 Å². The van der Waals surface area contributed by atoms with Gasteiger partial charge in [0.25, 0.3) is 0 Å². The summed E-state index contributed by atoms with van der Waals surface area (Å²) in [5, 5.41) is 17.4.